The molecule has 1 saturated carbocycles. The number of likely N-dealkylation sites (tertiary alicyclic amines) is 1. The molecule has 3 nitrogen and oxygen atoms in total. The minimum Gasteiger partial charge on any atom is -0.352 e. The molecule has 12 heavy (non-hydrogen) atoms. The van der Waals surface area contributed by atoms with Crippen molar-refractivity contribution in [2.24, 2.45) is 0 Å². The standard InChI is InChI=1S/C9H16N2O/c1-11-6-2-3-8(11)9(12)10-7-4-5-7/h7-8H,2-6H2,1H3,(H,10,12)/t8-/m1/s1. The van der Waals surface area contributed by atoms with Crippen molar-refractivity contribution >= 4 is 5.91 Å². The predicted molar refractivity (Wildman–Crippen MR) is 46.8 cm³/mol. The summed E-state index contributed by atoms with van der Waals surface area (Å²) >= 11 is 0. The average molecular weight is 168 g/mol. The van der Waals surface area contributed by atoms with Gasteiger partial charge in [-0.3, -0.25) is 9.69 Å². The first kappa shape index (κ1) is 8.05. The Bertz CT molecular complexity index is 189. The van der Waals surface area contributed by atoms with Crippen molar-refractivity contribution in [2.45, 2.75) is 37.8 Å². The van der Waals surface area contributed by atoms with E-state index in [-0.39, 0.29) is 11.9 Å². The maximum absolute atomic E-state index is 11.6. The number of rotatable bonds is 2. The van der Waals surface area contributed by atoms with Gasteiger partial charge in [-0.1, -0.05) is 0 Å². The van der Waals surface area contributed by atoms with Gasteiger partial charge in [-0.25, -0.2) is 0 Å². The van der Waals surface area contributed by atoms with Crippen molar-refractivity contribution in [2.75, 3.05) is 13.6 Å². The summed E-state index contributed by atoms with van der Waals surface area (Å²) in [5, 5.41) is 3.05. The molecule has 1 heterocycles. The zero-order valence-electron chi connectivity index (χ0n) is 7.55. The molecule has 0 aromatic carbocycles. The van der Waals surface area contributed by atoms with Crippen molar-refractivity contribution in [3.05, 3.63) is 0 Å². The summed E-state index contributed by atoms with van der Waals surface area (Å²) in [6.07, 6.45) is 4.57. The van der Waals surface area contributed by atoms with E-state index in [9.17, 15) is 4.79 Å². The summed E-state index contributed by atoms with van der Waals surface area (Å²) in [5.74, 6) is 0.248. The van der Waals surface area contributed by atoms with Crippen LogP contribution in [-0.4, -0.2) is 36.5 Å². The maximum Gasteiger partial charge on any atom is 0.237 e. The van der Waals surface area contributed by atoms with E-state index in [0.717, 1.165) is 13.0 Å². The summed E-state index contributed by atoms with van der Waals surface area (Å²) in [6, 6.07) is 0.664. The Morgan fingerprint density at radius 1 is 1.42 bits per heavy atom. The molecule has 1 saturated heterocycles. The Labute approximate surface area is 73.1 Å². The van der Waals surface area contributed by atoms with E-state index in [1.807, 2.05) is 7.05 Å². The van der Waals surface area contributed by atoms with Gasteiger partial charge in [0.05, 0.1) is 6.04 Å². The fourth-order valence-corrected chi connectivity index (χ4v) is 1.77. The van der Waals surface area contributed by atoms with Crippen molar-refractivity contribution in [3.8, 4) is 0 Å². The highest BCUT2D eigenvalue weighted by atomic mass is 16.2. The molecule has 0 radical (unpaired) electrons. The van der Waals surface area contributed by atoms with Crippen LogP contribution in [0.5, 0.6) is 0 Å². The van der Waals surface area contributed by atoms with Crippen LogP contribution in [0.15, 0.2) is 0 Å². The number of likely N-dealkylation sites (N-methyl/N-ethyl adjacent to an activating group) is 1. The first-order chi connectivity index (χ1) is 5.77. The fourth-order valence-electron chi connectivity index (χ4n) is 1.77. The molecule has 2 rings (SSSR count). The second kappa shape index (κ2) is 3.05. The van der Waals surface area contributed by atoms with Crippen LogP contribution in [0.3, 0.4) is 0 Å². The number of carbonyl (C=O) groups excluding carboxylic acids is 1. The molecule has 1 atom stereocenters. The van der Waals surface area contributed by atoms with Gasteiger partial charge in [0.2, 0.25) is 5.91 Å². The molecule has 1 aliphatic carbocycles. The third-order valence-corrected chi connectivity index (χ3v) is 2.75. The van der Waals surface area contributed by atoms with Gasteiger partial charge >= 0.3 is 0 Å². The highest BCUT2D eigenvalue weighted by Crippen LogP contribution is 2.21. The minimum atomic E-state index is 0.158. The lowest BCUT2D eigenvalue weighted by atomic mass is 10.2. The lowest BCUT2D eigenvalue weighted by molar-refractivity contribution is -0.125. The molecular weight excluding hydrogens is 152 g/mol. The Morgan fingerprint density at radius 2 is 2.17 bits per heavy atom. The summed E-state index contributed by atoms with van der Waals surface area (Å²) in [6.45, 7) is 1.07. The van der Waals surface area contributed by atoms with Crippen LogP contribution in [0, 0.1) is 0 Å². The fraction of sp³-hybridized carbons (Fsp3) is 0.889. The van der Waals surface area contributed by atoms with Crippen LogP contribution in [0.25, 0.3) is 0 Å². The Balaban J connectivity index is 1.84. The third kappa shape index (κ3) is 1.61. The summed E-state index contributed by atoms with van der Waals surface area (Å²) in [4.78, 5) is 13.7. The van der Waals surface area contributed by atoms with Crippen LogP contribution < -0.4 is 5.32 Å². The Hall–Kier alpha value is -0.570. The second-order valence-electron chi connectivity index (χ2n) is 3.92. The smallest absolute Gasteiger partial charge is 0.237 e. The number of hydrogen-bond donors (Lipinski definition) is 1. The quantitative estimate of drug-likeness (QED) is 0.645. The summed E-state index contributed by atoms with van der Waals surface area (Å²) in [7, 11) is 2.03. The zero-order valence-corrected chi connectivity index (χ0v) is 7.55. The number of hydrogen-bond acceptors (Lipinski definition) is 2. The van der Waals surface area contributed by atoms with E-state index in [4.69, 9.17) is 0 Å². The van der Waals surface area contributed by atoms with Gasteiger partial charge in [0.25, 0.3) is 0 Å². The van der Waals surface area contributed by atoms with E-state index in [1.165, 1.54) is 19.3 Å². The minimum absolute atomic E-state index is 0.158. The number of nitrogens with one attached hydrogen (secondary N) is 1. The van der Waals surface area contributed by atoms with E-state index in [2.05, 4.69) is 10.2 Å². The van der Waals surface area contributed by atoms with Crippen molar-refractivity contribution in [3.63, 3.8) is 0 Å². The first-order valence-corrected chi connectivity index (χ1v) is 4.78. The molecule has 0 spiro atoms. The van der Waals surface area contributed by atoms with Crippen LogP contribution in [0.1, 0.15) is 25.7 Å². The highest BCUT2D eigenvalue weighted by molar-refractivity contribution is 5.82. The van der Waals surface area contributed by atoms with Crippen molar-refractivity contribution in [1.82, 2.24) is 10.2 Å². The second-order valence-corrected chi connectivity index (χ2v) is 3.92. The van der Waals surface area contributed by atoms with Crippen LogP contribution in [0.2, 0.25) is 0 Å². The average Bonchev–Trinajstić information content (AvgIpc) is 2.72. The number of carbonyl (C=O) groups is 1. The molecule has 68 valence electrons. The van der Waals surface area contributed by atoms with Gasteiger partial charge in [-0.15, -0.1) is 0 Å². The Kier molecular flexibility index (Phi) is 2.05. The molecular formula is C9H16N2O. The molecule has 3 heteroatoms. The van der Waals surface area contributed by atoms with Gasteiger partial charge in [-0.2, -0.15) is 0 Å². The van der Waals surface area contributed by atoms with Gasteiger partial charge < -0.3 is 5.32 Å². The van der Waals surface area contributed by atoms with Gasteiger partial charge in [-0.05, 0) is 39.3 Å². The predicted octanol–water partition coefficient (Wildman–Crippen LogP) is 0.359. The maximum atomic E-state index is 11.6. The molecule has 1 amide bonds. The lowest BCUT2D eigenvalue weighted by Crippen LogP contribution is -2.42. The third-order valence-electron chi connectivity index (χ3n) is 2.75. The number of nitrogens with zero attached hydrogens (tertiary/aromatic N) is 1. The molecule has 2 aliphatic rings. The Morgan fingerprint density at radius 3 is 2.67 bits per heavy atom. The number of amides is 1. The summed E-state index contributed by atoms with van der Waals surface area (Å²) < 4.78 is 0. The van der Waals surface area contributed by atoms with E-state index < -0.39 is 0 Å². The van der Waals surface area contributed by atoms with Crippen LogP contribution in [0.4, 0.5) is 0 Å². The van der Waals surface area contributed by atoms with Gasteiger partial charge in [0, 0.05) is 6.04 Å². The molecule has 0 unspecified atom stereocenters. The highest BCUT2D eigenvalue weighted by Gasteiger charge is 2.31. The molecule has 0 aromatic rings. The van der Waals surface area contributed by atoms with E-state index in [0.29, 0.717) is 6.04 Å². The summed E-state index contributed by atoms with van der Waals surface area (Å²) in [5.41, 5.74) is 0. The lowest BCUT2D eigenvalue weighted by Gasteiger charge is -2.18. The molecule has 1 aliphatic heterocycles. The van der Waals surface area contributed by atoms with Crippen molar-refractivity contribution < 1.29 is 4.79 Å². The van der Waals surface area contributed by atoms with Crippen LogP contribution >= 0.6 is 0 Å². The molecule has 0 bridgehead atoms. The van der Waals surface area contributed by atoms with Crippen LogP contribution in [-0.2, 0) is 4.79 Å². The van der Waals surface area contributed by atoms with E-state index >= 15 is 0 Å². The first-order valence-electron chi connectivity index (χ1n) is 4.78. The normalized spacial score (nSPS) is 30.6. The largest absolute Gasteiger partial charge is 0.352 e. The molecule has 0 aromatic heterocycles. The zero-order chi connectivity index (χ0) is 8.55. The topological polar surface area (TPSA) is 32.3 Å². The molecule has 2 fully saturated rings. The van der Waals surface area contributed by atoms with Crippen molar-refractivity contribution in [1.29, 1.82) is 0 Å². The SMILES string of the molecule is CN1CCC[C@@H]1C(=O)NC1CC1. The van der Waals surface area contributed by atoms with Gasteiger partial charge in [0.1, 0.15) is 0 Å². The molecule has 1 N–H and O–H groups in total. The van der Waals surface area contributed by atoms with Gasteiger partial charge in [0.15, 0.2) is 0 Å². The van der Waals surface area contributed by atoms with E-state index in [1.54, 1.807) is 0 Å². The monoisotopic (exact) mass is 168 g/mol.